The van der Waals surface area contributed by atoms with Gasteiger partial charge in [-0.25, -0.2) is 30.0 Å². The van der Waals surface area contributed by atoms with Gasteiger partial charge in [0.25, 0.3) is 0 Å². The summed E-state index contributed by atoms with van der Waals surface area (Å²) in [4.78, 5) is 22.5. The lowest BCUT2D eigenvalue weighted by Crippen LogP contribution is -2.28. The third-order valence-corrected chi connectivity index (χ3v) is 16.5. The van der Waals surface area contributed by atoms with Crippen molar-refractivity contribution in [3.8, 4) is 22.8 Å². The van der Waals surface area contributed by atoms with Gasteiger partial charge in [-0.3, -0.25) is 0 Å². The van der Waals surface area contributed by atoms with Crippen molar-refractivity contribution < 1.29 is 0 Å². The fourth-order valence-corrected chi connectivity index (χ4v) is 13.9. The standard InChI is InChI=1S/C45H58N4S/c1-24(2)38-22-39(25(3)4)47-44(46-38)36-21-37(45-48-40(26(5)6)23-41(49-45)27(7)8)35-18-16-32-20-33(50(28(9)10,29(11)12)30(13)14)19-31-15-17-34(36)43(35)42(31)32/h15-30H,1-14H3. The molecule has 0 saturated heterocycles. The number of hydrogen-bond acceptors (Lipinski definition) is 4. The van der Waals surface area contributed by atoms with E-state index in [4.69, 9.17) is 19.9 Å². The molecule has 0 fully saturated rings. The zero-order chi connectivity index (χ0) is 36.4. The van der Waals surface area contributed by atoms with E-state index in [2.05, 4.69) is 152 Å². The van der Waals surface area contributed by atoms with Crippen molar-refractivity contribution in [2.75, 3.05) is 0 Å². The summed E-state index contributed by atoms with van der Waals surface area (Å²) in [6, 6.07) is 21.1. The molecule has 0 atom stereocenters. The highest BCUT2D eigenvalue weighted by atomic mass is 32.3. The van der Waals surface area contributed by atoms with Gasteiger partial charge in [-0.1, -0.05) is 121 Å². The number of aromatic nitrogens is 4. The van der Waals surface area contributed by atoms with E-state index in [-0.39, 0.29) is 23.7 Å². The van der Waals surface area contributed by atoms with Crippen LogP contribution in [0.1, 0.15) is 143 Å². The number of hydrogen-bond donors (Lipinski definition) is 0. The van der Waals surface area contributed by atoms with Gasteiger partial charge in [0.15, 0.2) is 11.6 Å². The van der Waals surface area contributed by atoms with Crippen LogP contribution in [0.3, 0.4) is 0 Å². The van der Waals surface area contributed by atoms with Gasteiger partial charge in [-0.05, 0) is 107 Å². The molecule has 0 spiro atoms. The second kappa shape index (κ2) is 13.5. The molecule has 4 nitrogen and oxygen atoms in total. The Morgan fingerprint density at radius 1 is 0.400 bits per heavy atom. The highest BCUT2D eigenvalue weighted by molar-refractivity contribution is 8.35. The smallest absolute Gasteiger partial charge is 0.160 e. The Balaban J connectivity index is 1.78. The molecular weight excluding hydrogens is 629 g/mol. The Bertz CT molecular complexity index is 1970. The van der Waals surface area contributed by atoms with Crippen LogP contribution in [-0.2, 0) is 0 Å². The van der Waals surface area contributed by atoms with E-state index in [0.717, 1.165) is 45.6 Å². The van der Waals surface area contributed by atoms with Crippen molar-refractivity contribution in [3.05, 3.63) is 77.4 Å². The van der Waals surface area contributed by atoms with Crippen molar-refractivity contribution >= 4 is 42.3 Å². The van der Waals surface area contributed by atoms with Crippen LogP contribution in [-0.4, -0.2) is 35.7 Å². The third kappa shape index (κ3) is 5.97. The summed E-state index contributed by atoms with van der Waals surface area (Å²) < 4.78 is 0. The van der Waals surface area contributed by atoms with Crippen LogP contribution in [0.15, 0.2) is 59.5 Å². The zero-order valence-electron chi connectivity index (χ0n) is 32.9. The SMILES string of the molecule is CC(C)c1cc(C(C)C)nc(-c2cc(-c3nc(C(C)C)cc(C(C)C)n3)c3ccc4cc(S(C(C)C)(C(C)C)C(C)C)cc5ccc2c3c54)n1. The largest absolute Gasteiger partial charge is 0.233 e. The third-order valence-electron chi connectivity index (χ3n) is 10.8. The van der Waals surface area contributed by atoms with Crippen LogP contribution in [0.2, 0.25) is 0 Å². The van der Waals surface area contributed by atoms with Crippen molar-refractivity contribution in [1.82, 2.24) is 19.9 Å². The molecule has 0 aliphatic rings. The molecule has 0 saturated carbocycles. The van der Waals surface area contributed by atoms with Gasteiger partial charge in [-0.15, -0.1) is 0 Å². The van der Waals surface area contributed by atoms with Gasteiger partial charge in [0.2, 0.25) is 0 Å². The van der Waals surface area contributed by atoms with Gasteiger partial charge < -0.3 is 0 Å². The lowest BCUT2D eigenvalue weighted by Gasteiger charge is -2.52. The van der Waals surface area contributed by atoms with Crippen LogP contribution >= 0.6 is 10.0 Å². The Morgan fingerprint density at radius 2 is 0.740 bits per heavy atom. The molecule has 0 aliphatic heterocycles. The molecule has 2 heterocycles. The van der Waals surface area contributed by atoms with Crippen molar-refractivity contribution in [1.29, 1.82) is 0 Å². The van der Waals surface area contributed by atoms with Gasteiger partial charge >= 0.3 is 0 Å². The summed E-state index contributed by atoms with van der Waals surface area (Å²) in [7, 11) is -1.11. The summed E-state index contributed by atoms with van der Waals surface area (Å²) in [5, 5.41) is 9.28. The van der Waals surface area contributed by atoms with Crippen LogP contribution in [0, 0.1) is 0 Å². The molecule has 264 valence electrons. The molecule has 0 N–H and O–H groups in total. The maximum absolute atomic E-state index is 5.25. The maximum Gasteiger partial charge on any atom is 0.160 e. The molecule has 0 radical (unpaired) electrons. The Labute approximate surface area is 302 Å². The summed E-state index contributed by atoms with van der Waals surface area (Å²) in [5.74, 6) is 2.72. The normalized spacial score (nSPS) is 13.4. The van der Waals surface area contributed by atoms with E-state index in [1.165, 1.54) is 37.2 Å². The maximum atomic E-state index is 5.25. The average Bonchev–Trinajstić information content (AvgIpc) is 3.05. The van der Waals surface area contributed by atoms with Crippen LogP contribution in [0.25, 0.3) is 55.1 Å². The quantitative estimate of drug-likeness (QED) is 0.135. The average molecular weight is 687 g/mol. The van der Waals surface area contributed by atoms with Crippen LogP contribution in [0.5, 0.6) is 0 Å². The first kappa shape index (κ1) is 36.2. The minimum absolute atomic E-state index is 0.289. The second-order valence-corrected chi connectivity index (χ2v) is 21.3. The van der Waals surface area contributed by atoms with E-state index >= 15 is 0 Å². The molecular formula is C45H58N4S. The monoisotopic (exact) mass is 686 g/mol. The summed E-state index contributed by atoms with van der Waals surface area (Å²) in [6.45, 7) is 32.4. The topological polar surface area (TPSA) is 51.6 Å². The van der Waals surface area contributed by atoms with E-state index in [0.29, 0.717) is 15.7 Å². The summed E-state index contributed by atoms with van der Waals surface area (Å²) in [5.41, 5.74) is 6.40. The summed E-state index contributed by atoms with van der Waals surface area (Å²) in [6.07, 6.45) is 0. The van der Waals surface area contributed by atoms with Gasteiger partial charge in [-0.2, -0.15) is 0 Å². The molecule has 0 amide bonds. The number of rotatable bonds is 10. The summed E-state index contributed by atoms with van der Waals surface area (Å²) >= 11 is 0. The van der Waals surface area contributed by atoms with Crippen molar-refractivity contribution in [2.45, 2.75) is 141 Å². The highest BCUT2D eigenvalue weighted by Crippen LogP contribution is 2.67. The number of nitrogens with zero attached hydrogens (tertiary/aromatic N) is 4. The minimum atomic E-state index is -1.11. The lowest BCUT2D eigenvalue weighted by molar-refractivity contribution is 0.770. The lowest BCUT2D eigenvalue weighted by atomic mass is 9.88. The Kier molecular flexibility index (Phi) is 9.80. The van der Waals surface area contributed by atoms with Crippen molar-refractivity contribution in [2.24, 2.45) is 0 Å². The molecule has 50 heavy (non-hydrogen) atoms. The molecule has 0 aliphatic carbocycles. The first-order chi connectivity index (χ1) is 23.6. The molecule has 0 bridgehead atoms. The van der Waals surface area contributed by atoms with E-state index in [9.17, 15) is 0 Å². The number of benzene rings is 4. The fraction of sp³-hybridized carbons (Fsp3) is 0.467. The molecule has 6 aromatic rings. The minimum Gasteiger partial charge on any atom is -0.233 e. The van der Waals surface area contributed by atoms with Crippen LogP contribution in [0.4, 0.5) is 0 Å². The van der Waals surface area contributed by atoms with Crippen LogP contribution < -0.4 is 0 Å². The Hall–Kier alpha value is -3.57. The zero-order valence-corrected chi connectivity index (χ0v) is 33.8. The fourth-order valence-electron chi connectivity index (χ4n) is 8.31. The molecule has 5 heteroatoms. The first-order valence-corrected chi connectivity index (χ1v) is 20.7. The van der Waals surface area contributed by atoms with Gasteiger partial charge in [0.1, 0.15) is 0 Å². The first-order valence-electron chi connectivity index (χ1n) is 18.9. The van der Waals surface area contributed by atoms with Gasteiger partial charge in [0, 0.05) is 33.9 Å². The predicted octanol–water partition coefficient (Wildman–Crippen LogP) is 13.4. The van der Waals surface area contributed by atoms with Gasteiger partial charge in [0.05, 0.1) is 0 Å². The second-order valence-electron chi connectivity index (χ2n) is 16.4. The molecule has 0 unspecified atom stereocenters. The highest BCUT2D eigenvalue weighted by Gasteiger charge is 2.37. The van der Waals surface area contributed by atoms with E-state index < -0.39 is 10.0 Å². The molecule has 4 aromatic carbocycles. The van der Waals surface area contributed by atoms with Crippen molar-refractivity contribution in [3.63, 3.8) is 0 Å². The predicted molar refractivity (Wildman–Crippen MR) is 220 cm³/mol. The Morgan fingerprint density at radius 3 is 1.04 bits per heavy atom. The van der Waals surface area contributed by atoms with E-state index in [1.807, 2.05) is 0 Å². The molecule has 6 rings (SSSR count). The molecule has 2 aromatic heterocycles. The van der Waals surface area contributed by atoms with E-state index in [1.54, 1.807) is 0 Å².